The molecule has 2 atom stereocenters. The number of halogens is 1. The lowest BCUT2D eigenvalue weighted by Gasteiger charge is -2.27. The molecule has 0 saturated carbocycles. The van der Waals surface area contributed by atoms with E-state index in [9.17, 15) is 0 Å². The summed E-state index contributed by atoms with van der Waals surface area (Å²) < 4.78 is 2.05. The van der Waals surface area contributed by atoms with Crippen molar-refractivity contribution in [2.24, 2.45) is 7.05 Å². The van der Waals surface area contributed by atoms with Gasteiger partial charge in [-0.25, -0.2) is 0 Å². The molecular formula is C19H17ClN4S. The van der Waals surface area contributed by atoms with Gasteiger partial charge in [-0.15, -0.1) is 0 Å². The molecule has 4 nitrogen and oxygen atoms in total. The summed E-state index contributed by atoms with van der Waals surface area (Å²) in [5.74, 6) is 0. The van der Waals surface area contributed by atoms with Gasteiger partial charge in [0.25, 0.3) is 0 Å². The van der Waals surface area contributed by atoms with Crippen molar-refractivity contribution < 1.29 is 0 Å². The van der Waals surface area contributed by atoms with Crippen LogP contribution in [0.15, 0.2) is 67.1 Å². The topological polar surface area (TPSA) is 33.1 Å². The summed E-state index contributed by atoms with van der Waals surface area (Å²) >= 11 is 11.7. The number of nitrogens with one attached hydrogen (secondary N) is 1. The average molecular weight is 369 g/mol. The van der Waals surface area contributed by atoms with E-state index in [0.717, 1.165) is 11.4 Å². The fourth-order valence-corrected chi connectivity index (χ4v) is 3.75. The quantitative estimate of drug-likeness (QED) is 0.700. The zero-order valence-electron chi connectivity index (χ0n) is 13.6. The third-order valence-electron chi connectivity index (χ3n) is 4.40. The number of hydrogen-bond donors (Lipinski definition) is 1. The van der Waals surface area contributed by atoms with Gasteiger partial charge in [-0.05, 0) is 60.2 Å². The summed E-state index contributed by atoms with van der Waals surface area (Å²) in [5.41, 5.74) is 3.16. The van der Waals surface area contributed by atoms with E-state index in [0.29, 0.717) is 10.1 Å². The van der Waals surface area contributed by atoms with Crippen LogP contribution in [0, 0.1) is 0 Å². The SMILES string of the molecule is Cn1ccc(C2C(c3ccccn3)NC(=S)N2c2ccc(Cl)cc2)c1. The van der Waals surface area contributed by atoms with Gasteiger partial charge in [0, 0.05) is 36.3 Å². The first-order valence-corrected chi connectivity index (χ1v) is 8.80. The van der Waals surface area contributed by atoms with Gasteiger partial charge in [0.05, 0.1) is 17.8 Å². The second-order valence-corrected chi connectivity index (χ2v) is 6.91. The molecule has 1 aromatic carbocycles. The van der Waals surface area contributed by atoms with Crippen molar-refractivity contribution >= 4 is 34.6 Å². The predicted octanol–water partition coefficient (Wildman–Crippen LogP) is 4.25. The molecule has 1 aliphatic heterocycles. The summed E-state index contributed by atoms with van der Waals surface area (Å²) in [4.78, 5) is 6.68. The molecule has 126 valence electrons. The van der Waals surface area contributed by atoms with E-state index in [1.165, 1.54) is 5.56 Å². The van der Waals surface area contributed by atoms with Gasteiger partial charge >= 0.3 is 0 Å². The Kier molecular flexibility index (Phi) is 4.19. The van der Waals surface area contributed by atoms with Gasteiger partial charge in [0.15, 0.2) is 5.11 Å². The monoisotopic (exact) mass is 368 g/mol. The Hall–Kier alpha value is -2.37. The number of rotatable bonds is 3. The van der Waals surface area contributed by atoms with Crippen LogP contribution in [0.4, 0.5) is 5.69 Å². The number of aromatic nitrogens is 2. The van der Waals surface area contributed by atoms with Gasteiger partial charge in [-0.2, -0.15) is 0 Å². The van der Waals surface area contributed by atoms with Crippen molar-refractivity contribution in [1.82, 2.24) is 14.9 Å². The Bertz CT molecular complexity index is 891. The molecule has 0 amide bonds. The van der Waals surface area contributed by atoms with Crippen LogP contribution in [-0.2, 0) is 7.05 Å². The minimum absolute atomic E-state index is 0.0183. The maximum absolute atomic E-state index is 6.06. The summed E-state index contributed by atoms with van der Waals surface area (Å²) in [6.45, 7) is 0. The van der Waals surface area contributed by atoms with E-state index in [-0.39, 0.29) is 12.1 Å². The Labute approximate surface area is 157 Å². The second kappa shape index (κ2) is 6.50. The fraction of sp³-hybridized carbons (Fsp3) is 0.158. The zero-order valence-corrected chi connectivity index (χ0v) is 15.2. The van der Waals surface area contributed by atoms with E-state index in [2.05, 4.69) is 27.5 Å². The zero-order chi connectivity index (χ0) is 17.4. The lowest BCUT2D eigenvalue weighted by atomic mass is 9.98. The van der Waals surface area contributed by atoms with Gasteiger partial charge in [0.2, 0.25) is 0 Å². The van der Waals surface area contributed by atoms with Gasteiger partial charge in [-0.3, -0.25) is 4.98 Å². The Morgan fingerprint density at radius 3 is 2.56 bits per heavy atom. The van der Waals surface area contributed by atoms with E-state index < -0.39 is 0 Å². The molecule has 3 aromatic rings. The summed E-state index contributed by atoms with van der Waals surface area (Å²) in [6, 6.07) is 15.8. The first-order valence-electron chi connectivity index (χ1n) is 8.01. The largest absolute Gasteiger partial charge is 0.357 e. The lowest BCUT2D eigenvalue weighted by molar-refractivity contribution is 0.567. The van der Waals surface area contributed by atoms with Crippen molar-refractivity contribution in [3.8, 4) is 0 Å². The van der Waals surface area contributed by atoms with Crippen LogP contribution >= 0.6 is 23.8 Å². The molecule has 4 rings (SSSR count). The standard InChI is InChI=1S/C19H17ClN4S/c1-23-11-9-13(12-23)18-17(16-4-2-3-10-21-16)22-19(25)24(18)15-7-5-14(20)6-8-15/h2-12,17-18H,1H3,(H,22,25). The third kappa shape index (κ3) is 3.01. The molecule has 2 aromatic heterocycles. The van der Waals surface area contributed by atoms with E-state index in [1.54, 1.807) is 0 Å². The molecule has 6 heteroatoms. The summed E-state index contributed by atoms with van der Waals surface area (Å²) in [7, 11) is 2.02. The first-order chi connectivity index (χ1) is 12.1. The maximum Gasteiger partial charge on any atom is 0.174 e. The molecule has 3 heterocycles. The highest BCUT2D eigenvalue weighted by Gasteiger charge is 2.40. The number of thiocarbonyl (C=S) groups is 1. The minimum atomic E-state index is -0.0215. The normalized spacial score (nSPS) is 19.9. The van der Waals surface area contributed by atoms with Crippen molar-refractivity contribution in [3.05, 3.63) is 83.4 Å². The van der Waals surface area contributed by atoms with Crippen LogP contribution in [0.2, 0.25) is 5.02 Å². The minimum Gasteiger partial charge on any atom is -0.357 e. The van der Waals surface area contributed by atoms with Crippen molar-refractivity contribution in [2.75, 3.05) is 4.90 Å². The molecule has 1 fully saturated rings. The Balaban J connectivity index is 1.81. The number of anilines is 1. The number of benzene rings is 1. The Morgan fingerprint density at radius 1 is 1.12 bits per heavy atom. The van der Waals surface area contributed by atoms with Crippen molar-refractivity contribution in [3.63, 3.8) is 0 Å². The van der Waals surface area contributed by atoms with E-state index >= 15 is 0 Å². The van der Waals surface area contributed by atoms with Crippen molar-refractivity contribution in [2.45, 2.75) is 12.1 Å². The third-order valence-corrected chi connectivity index (χ3v) is 4.97. The summed E-state index contributed by atoms with van der Waals surface area (Å²) in [5, 5.41) is 4.84. The molecule has 1 N–H and O–H groups in total. The van der Waals surface area contributed by atoms with Crippen LogP contribution in [0.3, 0.4) is 0 Å². The van der Waals surface area contributed by atoms with Gasteiger partial charge in [-0.1, -0.05) is 17.7 Å². The molecule has 1 aliphatic rings. The van der Waals surface area contributed by atoms with E-state index in [4.69, 9.17) is 23.8 Å². The first kappa shape index (κ1) is 16.1. The number of pyridine rings is 1. The molecule has 0 radical (unpaired) electrons. The maximum atomic E-state index is 6.06. The van der Waals surface area contributed by atoms with E-state index in [1.807, 2.05) is 66.5 Å². The molecule has 0 bridgehead atoms. The highest BCUT2D eigenvalue weighted by Crippen LogP contribution is 2.41. The van der Waals surface area contributed by atoms with Crippen molar-refractivity contribution in [1.29, 1.82) is 0 Å². The molecular weight excluding hydrogens is 352 g/mol. The Morgan fingerprint density at radius 2 is 1.92 bits per heavy atom. The van der Waals surface area contributed by atoms with Gasteiger partial charge < -0.3 is 14.8 Å². The summed E-state index contributed by atoms with van der Waals surface area (Å²) in [6.07, 6.45) is 5.98. The fourth-order valence-electron chi connectivity index (χ4n) is 3.27. The van der Waals surface area contributed by atoms with Crippen LogP contribution in [0.1, 0.15) is 23.3 Å². The lowest BCUT2D eigenvalue weighted by Crippen LogP contribution is -2.29. The van der Waals surface area contributed by atoms with Crippen LogP contribution in [0.25, 0.3) is 0 Å². The number of aryl methyl sites for hydroxylation is 1. The smallest absolute Gasteiger partial charge is 0.174 e. The predicted molar refractivity (Wildman–Crippen MR) is 105 cm³/mol. The van der Waals surface area contributed by atoms with Crippen LogP contribution in [0.5, 0.6) is 0 Å². The number of hydrogen-bond acceptors (Lipinski definition) is 2. The molecule has 1 saturated heterocycles. The van der Waals surface area contributed by atoms with Crippen LogP contribution in [-0.4, -0.2) is 14.7 Å². The second-order valence-electron chi connectivity index (χ2n) is 6.08. The molecule has 0 aliphatic carbocycles. The molecule has 2 unspecified atom stereocenters. The molecule has 25 heavy (non-hydrogen) atoms. The molecule has 0 spiro atoms. The average Bonchev–Trinajstić information content (AvgIpc) is 3.20. The highest BCUT2D eigenvalue weighted by atomic mass is 35.5. The highest BCUT2D eigenvalue weighted by molar-refractivity contribution is 7.80. The van der Waals surface area contributed by atoms with Crippen LogP contribution < -0.4 is 10.2 Å². The number of nitrogens with zero attached hydrogens (tertiary/aromatic N) is 3. The van der Waals surface area contributed by atoms with Gasteiger partial charge in [0.1, 0.15) is 0 Å².